The van der Waals surface area contributed by atoms with Crippen molar-refractivity contribution in [2.24, 2.45) is 28.8 Å². The number of terminal acetylenes is 1. The number of ether oxygens (including phenoxy) is 1. The van der Waals surface area contributed by atoms with Gasteiger partial charge in [0, 0.05) is 16.1 Å². The Hall–Kier alpha value is -2.99. The predicted octanol–water partition coefficient (Wildman–Crippen LogP) is 2.51. The standard InChI is InChI=1S/C19H14BrN3O5/c1-2-5-28-17-12(7-13(20)8-14(17)23(26)27)9-21-22-18(24)15-10-3-4-11(6-10)16(15)19(22)25/h1,3-4,7-11,15-16H,5-6H2/t10-,11-,15-,16+/m0/s1. The maximum Gasteiger partial charge on any atom is 0.312 e. The highest BCUT2D eigenvalue weighted by atomic mass is 79.9. The molecule has 1 aromatic rings. The van der Waals surface area contributed by atoms with Gasteiger partial charge in [0.25, 0.3) is 11.8 Å². The molecule has 0 N–H and O–H groups in total. The Morgan fingerprint density at radius 2 is 1.96 bits per heavy atom. The summed E-state index contributed by atoms with van der Waals surface area (Å²) in [5.41, 5.74) is -0.0701. The first-order valence-electron chi connectivity index (χ1n) is 8.56. The fourth-order valence-corrected chi connectivity index (χ4v) is 4.69. The van der Waals surface area contributed by atoms with Crippen LogP contribution in [0.1, 0.15) is 12.0 Å². The van der Waals surface area contributed by atoms with Crippen LogP contribution in [0.4, 0.5) is 5.69 Å². The number of carbonyl (C=O) groups is 2. The molecule has 28 heavy (non-hydrogen) atoms. The van der Waals surface area contributed by atoms with E-state index in [1.165, 1.54) is 12.3 Å². The number of benzene rings is 1. The van der Waals surface area contributed by atoms with Gasteiger partial charge in [-0.3, -0.25) is 19.7 Å². The van der Waals surface area contributed by atoms with Crippen molar-refractivity contribution in [2.45, 2.75) is 6.42 Å². The number of allylic oxidation sites excluding steroid dienone is 2. The molecular formula is C19H14BrN3O5. The zero-order valence-electron chi connectivity index (χ0n) is 14.4. The van der Waals surface area contributed by atoms with Gasteiger partial charge in [-0.1, -0.05) is 34.0 Å². The van der Waals surface area contributed by atoms with E-state index >= 15 is 0 Å². The summed E-state index contributed by atoms with van der Waals surface area (Å²) < 4.78 is 5.76. The van der Waals surface area contributed by atoms with Crippen LogP contribution in [0.25, 0.3) is 0 Å². The summed E-state index contributed by atoms with van der Waals surface area (Å²) in [6.07, 6.45) is 11.2. The van der Waals surface area contributed by atoms with Crippen molar-refractivity contribution in [2.75, 3.05) is 6.61 Å². The maximum absolute atomic E-state index is 12.7. The number of hydrogen-bond acceptors (Lipinski definition) is 6. The van der Waals surface area contributed by atoms with Gasteiger partial charge in [-0.25, -0.2) is 0 Å². The molecule has 2 bridgehead atoms. The van der Waals surface area contributed by atoms with E-state index in [9.17, 15) is 19.7 Å². The minimum atomic E-state index is -0.603. The Morgan fingerprint density at radius 1 is 1.32 bits per heavy atom. The Balaban J connectivity index is 1.67. The molecule has 142 valence electrons. The molecular weight excluding hydrogens is 430 g/mol. The summed E-state index contributed by atoms with van der Waals surface area (Å²) in [5, 5.41) is 16.3. The molecule has 2 amide bonds. The lowest BCUT2D eigenvalue weighted by atomic mass is 9.85. The monoisotopic (exact) mass is 443 g/mol. The summed E-state index contributed by atoms with van der Waals surface area (Å²) in [4.78, 5) is 36.1. The molecule has 0 radical (unpaired) electrons. The van der Waals surface area contributed by atoms with Crippen molar-refractivity contribution >= 4 is 39.6 Å². The van der Waals surface area contributed by atoms with Crippen molar-refractivity contribution in [3.8, 4) is 18.1 Å². The van der Waals surface area contributed by atoms with E-state index in [-0.39, 0.29) is 59.1 Å². The van der Waals surface area contributed by atoms with Gasteiger partial charge in [0.2, 0.25) is 5.75 Å². The van der Waals surface area contributed by atoms with E-state index < -0.39 is 4.92 Å². The average molecular weight is 444 g/mol. The van der Waals surface area contributed by atoms with Crippen LogP contribution >= 0.6 is 15.9 Å². The largest absolute Gasteiger partial charge is 0.473 e. The minimum absolute atomic E-state index is 0.0732. The van der Waals surface area contributed by atoms with Crippen LogP contribution in [0.5, 0.6) is 5.75 Å². The summed E-state index contributed by atoms with van der Waals surface area (Å²) in [6.45, 7) is -0.177. The third kappa shape index (κ3) is 2.81. The molecule has 2 fully saturated rings. The molecule has 1 aromatic carbocycles. The highest BCUT2D eigenvalue weighted by Crippen LogP contribution is 2.52. The summed E-state index contributed by atoms with van der Waals surface area (Å²) >= 11 is 3.21. The fourth-order valence-electron chi connectivity index (χ4n) is 4.22. The van der Waals surface area contributed by atoms with Crippen LogP contribution in [0, 0.1) is 46.1 Å². The van der Waals surface area contributed by atoms with Gasteiger partial charge in [-0.2, -0.15) is 10.1 Å². The molecule has 1 aliphatic heterocycles. The molecule has 1 heterocycles. The van der Waals surface area contributed by atoms with Gasteiger partial charge in [0.05, 0.1) is 23.0 Å². The summed E-state index contributed by atoms with van der Waals surface area (Å²) in [7, 11) is 0. The third-order valence-corrected chi connectivity index (χ3v) is 5.78. The highest BCUT2D eigenvalue weighted by Gasteiger charge is 2.59. The molecule has 2 aliphatic carbocycles. The van der Waals surface area contributed by atoms with Crippen LogP contribution in [0.2, 0.25) is 0 Å². The molecule has 3 aliphatic rings. The van der Waals surface area contributed by atoms with E-state index in [0.29, 0.717) is 4.47 Å². The molecule has 4 rings (SSSR count). The molecule has 1 saturated heterocycles. The van der Waals surface area contributed by atoms with E-state index in [1.54, 1.807) is 6.07 Å². The van der Waals surface area contributed by atoms with E-state index in [0.717, 1.165) is 11.4 Å². The normalized spacial score (nSPS) is 27.5. The quantitative estimate of drug-likeness (QED) is 0.174. The SMILES string of the molecule is C#CCOc1c(C=NN2C(=O)[C@@H]3[C@H](C2=O)[C@H]2C=C[C@H]3C2)cc(Br)cc1[N+](=O)[O-]. The summed E-state index contributed by atoms with van der Waals surface area (Å²) in [6, 6.07) is 2.82. The van der Waals surface area contributed by atoms with Gasteiger partial charge in [-0.05, 0) is 24.3 Å². The van der Waals surface area contributed by atoms with Gasteiger partial charge >= 0.3 is 5.69 Å². The first-order valence-corrected chi connectivity index (χ1v) is 9.36. The van der Waals surface area contributed by atoms with Crippen molar-refractivity contribution in [1.82, 2.24) is 5.01 Å². The number of carbonyl (C=O) groups excluding carboxylic acids is 2. The second kappa shape index (κ2) is 6.87. The molecule has 0 unspecified atom stereocenters. The number of rotatable bonds is 5. The first-order chi connectivity index (χ1) is 13.4. The van der Waals surface area contributed by atoms with Crippen LogP contribution in [-0.2, 0) is 9.59 Å². The van der Waals surface area contributed by atoms with Crippen molar-refractivity contribution in [1.29, 1.82) is 0 Å². The summed E-state index contributed by atoms with van der Waals surface area (Å²) in [5.74, 6) is 0.930. The molecule has 1 saturated carbocycles. The van der Waals surface area contributed by atoms with Gasteiger partial charge in [0.1, 0.15) is 6.61 Å². The smallest absolute Gasteiger partial charge is 0.312 e. The van der Waals surface area contributed by atoms with Gasteiger partial charge in [0.15, 0.2) is 0 Å². The molecule has 0 aromatic heterocycles. The number of nitrogens with zero attached hydrogens (tertiary/aromatic N) is 3. The van der Waals surface area contributed by atoms with Gasteiger partial charge in [-0.15, -0.1) is 6.42 Å². The highest BCUT2D eigenvalue weighted by molar-refractivity contribution is 9.10. The second-order valence-corrected chi connectivity index (χ2v) is 7.74. The third-order valence-electron chi connectivity index (χ3n) is 5.32. The zero-order chi connectivity index (χ0) is 20.0. The minimum Gasteiger partial charge on any atom is -0.473 e. The second-order valence-electron chi connectivity index (χ2n) is 6.83. The number of nitro benzene ring substituents is 1. The maximum atomic E-state index is 12.7. The zero-order valence-corrected chi connectivity index (χ0v) is 16.0. The van der Waals surface area contributed by atoms with Crippen LogP contribution in [0.15, 0.2) is 33.9 Å². The van der Waals surface area contributed by atoms with Crippen LogP contribution in [0.3, 0.4) is 0 Å². The number of fused-ring (bicyclic) bond motifs is 5. The van der Waals surface area contributed by atoms with Crippen molar-refractivity contribution in [3.63, 3.8) is 0 Å². The number of nitro groups is 1. The molecule has 8 nitrogen and oxygen atoms in total. The van der Waals surface area contributed by atoms with Crippen molar-refractivity contribution < 1.29 is 19.2 Å². The fraction of sp³-hybridized carbons (Fsp3) is 0.316. The van der Waals surface area contributed by atoms with E-state index in [1.807, 2.05) is 12.2 Å². The Kier molecular flexibility index (Phi) is 4.51. The Bertz CT molecular complexity index is 966. The average Bonchev–Trinajstić information content (AvgIpc) is 3.33. The first kappa shape index (κ1) is 18.4. The van der Waals surface area contributed by atoms with Crippen LogP contribution in [-0.4, -0.2) is 34.6 Å². The van der Waals surface area contributed by atoms with E-state index in [4.69, 9.17) is 11.2 Å². The molecule has 4 atom stereocenters. The van der Waals surface area contributed by atoms with Crippen LogP contribution < -0.4 is 4.74 Å². The van der Waals surface area contributed by atoms with Crippen molar-refractivity contribution in [3.05, 3.63) is 44.4 Å². The number of hydrazone groups is 1. The lowest BCUT2D eigenvalue weighted by Crippen LogP contribution is -2.28. The topological polar surface area (TPSA) is 102 Å². The number of imide groups is 1. The lowest BCUT2D eigenvalue weighted by Gasteiger charge is -2.13. The predicted molar refractivity (Wildman–Crippen MR) is 102 cm³/mol. The van der Waals surface area contributed by atoms with E-state index in [2.05, 4.69) is 27.0 Å². The Morgan fingerprint density at radius 3 is 2.54 bits per heavy atom. The molecule has 0 spiro atoms. The number of amides is 2. The lowest BCUT2D eigenvalue weighted by molar-refractivity contribution is -0.385. The molecule has 9 heteroatoms. The van der Waals surface area contributed by atoms with Gasteiger partial charge < -0.3 is 4.74 Å². The number of halogens is 1. The number of hydrogen-bond donors (Lipinski definition) is 0. The Labute approximate surface area is 168 Å².